The van der Waals surface area contributed by atoms with Gasteiger partial charge in [0.05, 0.1) is 0 Å². The summed E-state index contributed by atoms with van der Waals surface area (Å²) in [6, 6.07) is 9.75. The van der Waals surface area contributed by atoms with Crippen LogP contribution in [-0.4, -0.2) is 12.6 Å². The van der Waals surface area contributed by atoms with Crippen LogP contribution in [-0.2, 0) is 6.42 Å². The zero-order chi connectivity index (χ0) is 14.9. The van der Waals surface area contributed by atoms with Crippen LogP contribution in [0.4, 0.5) is 0 Å². The molecule has 1 atom stereocenters. The molecule has 0 amide bonds. The second-order valence-electron chi connectivity index (χ2n) is 6.92. The van der Waals surface area contributed by atoms with Crippen molar-refractivity contribution >= 4 is 0 Å². The predicted octanol–water partition coefficient (Wildman–Crippen LogP) is 5.27. The Kier molecular flexibility index (Phi) is 7.29. The lowest BCUT2D eigenvalue weighted by Crippen LogP contribution is -2.32. The van der Waals surface area contributed by atoms with Crippen molar-refractivity contribution in [1.82, 2.24) is 5.32 Å². The van der Waals surface area contributed by atoms with Gasteiger partial charge in [-0.15, -0.1) is 0 Å². The van der Waals surface area contributed by atoms with Crippen molar-refractivity contribution in [2.24, 2.45) is 5.92 Å². The van der Waals surface area contributed by atoms with E-state index < -0.39 is 0 Å². The molecule has 1 unspecified atom stereocenters. The third-order valence-electron chi connectivity index (χ3n) is 4.93. The molecule has 1 N–H and O–H groups in total. The molecule has 0 radical (unpaired) electrons. The molecular weight excluding hydrogens is 254 g/mol. The highest BCUT2D eigenvalue weighted by atomic mass is 14.9. The molecule has 1 aliphatic carbocycles. The normalized spacial score (nSPS) is 17.8. The Morgan fingerprint density at radius 2 is 1.81 bits per heavy atom. The van der Waals surface area contributed by atoms with Crippen molar-refractivity contribution in [3.05, 3.63) is 35.4 Å². The first kappa shape index (κ1) is 16.5. The van der Waals surface area contributed by atoms with Crippen molar-refractivity contribution < 1.29 is 0 Å². The second-order valence-corrected chi connectivity index (χ2v) is 6.92. The van der Waals surface area contributed by atoms with Gasteiger partial charge in [0, 0.05) is 6.04 Å². The van der Waals surface area contributed by atoms with Crippen LogP contribution in [0.1, 0.15) is 69.4 Å². The monoisotopic (exact) mass is 287 g/mol. The van der Waals surface area contributed by atoms with E-state index in [0.717, 1.165) is 12.5 Å². The van der Waals surface area contributed by atoms with Crippen molar-refractivity contribution in [2.75, 3.05) is 6.54 Å². The average Bonchev–Trinajstić information content (AvgIpc) is 2.53. The molecule has 1 fully saturated rings. The van der Waals surface area contributed by atoms with E-state index >= 15 is 0 Å². The number of aryl methyl sites for hydroxylation is 1. The summed E-state index contributed by atoms with van der Waals surface area (Å²) in [6.07, 6.45) is 12.5. The summed E-state index contributed by atoms with van der Waals surface area (Å²) in [6.45, 7) is 5.58. The number of hydrogen-bond acceptors (Lipinski definition) is 1. The van der Waals surface area contributed by atoms with Crippen molar-refractivity contribution in [1.29, 1.82) is 0 Å². The Balaban J connectivity index is 1.82. The summed E-state index contributed by atoms with van der Waals surface area (Å²) < 4.78 is 0. The average molecular weight is 287 g/mol. The topological polar surface area (TPSA) is 12.0 Å². The molecule has 0 aliphatic heterocycles. The third kappa shape index (κ3) is 6.22. The molecule has 0 aromatic heterocycles. The summed E-state index contributed by atoms with van der Waals surface area (Å²) in [7, 11) is 0. The van der Waals surface area contributed by atoms with Crippen LogP contribution in [0.25, 0.3) is 0 Å². The second kappa shape index (κ2) is 9.25. The Hall–Kier alpha value is -0.820. The number of nitrogens with one attached hydrogen (secondary N) is 1. The van der Waals surface area contributed by atoms with Gasteiger partial charge in [0.25, 0.3) is 0 Å². The smallest absolute Gasteiger partial charge is 0.0108 e. The summed E-state index contributed by atoms with van der Waals surface area (Å²) in [4.78, 5) is 0. The van der Waals surface area contributed by atoms with Crippen LogP contribution < -0.4 is 5.32 Å². The lowest BCUT2D eigenvalue weighted by Gasteiger charge is -2.25. The van der Waals surface area contributed by atoms with Crippen LogP contribution in [0, 0.1) is 12.8 Å². The Morgan fingerprint density at radius 1 is 1.10 bits per heavy atom. The number of benzene rings is 1. The standard InChI is InChI=1S/C20H33N/c1-3-15-21-20(14-13-18-7-5-4-6-8-18)16-19-11-9-17(2)10-12-19/h9-12,18,20-21H,3-8,13-16H2,1-2H3. The van der Waals surface area contributed by atoms with Gasteiger partial charge in [-0.25, -0.2) is 0 Å². The van der Waals surface area contributed by atoms with Gasteiger partial charge < -0.3 is 5.32 Å². The minimum absolute atomic E-state index is 0.662. The van der Waals surface area contributed by atoms with Crippen LogP contribution in [0.5, 0.6) is 0 Å². The lowest BCUT2D eigenvalue weighted by molar-refractivity contribution is 0.312. The molecule has 2 rings (SSSR count). The van der Waals surface area contributed by atoms with Crippen LogP contribution in [0.3, 0.4) is 0 Å². The molecule has 1 nitrogen and oxygen atoms in total. The Bertz CT molecular complexity index is 375. The number of hydrogen-bond donors (Lipinski definition) is 1. The molecule has 1 saturated carbocycles. The minimum Gasteiger partial charge on any atom is -0.314 e. The fourth-order valence-electron chi connectivity index (χ4n) is 3.55. The molecule has 1 heteroatoms. The molecular formula is C20H33N. The predicted molar refractivity (Wildman–Crippen MR) is 92.8 cm³/mol. The summed E-state index contributed by atoms with van der Waals surface area (Å²) in [5.41, 5.74) is 2.84. The highest BCUT2D eigenvalue weighted by Gasteiger charge is 2.16. The van der Waals surface area contributed by atoms with Crippen LogP contribution in [0.15, 0.2) is 24.3 Å². The van der Waals surface area contributed by atoms with Gasteiger partial charge in [-0.1, -0.05) is 68.9 Å². The fraction of sp³-hybridized carbons (Fsp3) is 0.700. The summed E-state index contributed by atoms with van der Waals surface area (Å²) in [5.74, 6) is 1.00. The minimum atomic E-state index is 0.662. The van der Waals surface area contributed by atoms with Gasteiger partial charge in [0.1, 0.15) is 0 Å². The van der Waals surface area contributed by atoms with Gasteiger partial charge in [0.15, 0.2) is 0 Å². The van der Waals surface area contributed by atoms with E-state index in [1.807, 2.05) is 0 Å². The van der Waals surface area contributed by atoms with E-state index in [0.29, 0.717) is 6.04 Å². The molecule has 0 saturated heterocycles. The van der Waals surface area contributed by atoms with Gasteiger partial charge in [-0.05, 0) is 50.6 Å². The van der Waals surface area contributed by atoms with Gasteiger partial charge in [0.2, 0.25) is 0 Å². The maximum absolute atomic E-state index is 3.77. The number of rotatable bonds is 8. The zero-order valence-electron chi connectivity index (χ0n) is 14.0. The highest BCUT2D eigenvalue weighted by Crippen LogP contribution is 2.28. The van der Waals surface area contributed by atoms with Gasteiger partial charge in [-0.3, -0.25) is 0 Å². The maximum Gasteiger partial charge on any atom is 0.0108 e. The first-order chi connectivity index (χ1) is 10.3. The van der Waals surface area contributed by atoms with E-state index in [9.17, 15) is 0 Å². The van der Waals surface area contributed by atoms with E-state index in [-0.39, 0.29) is 0 Å². The molecule has 1 aromatic carbocycles. The van der Waals surface area contributed by atoms with Gasteiger partial charge in [-0.2, -0.15) is 0 Å². The molecule has 118 valence electrons. The Morgan fingerprint density at radius 3 is 2.48 bits per heavy atom. The molecule has 1 aromatic rings. The first-order valence-electron chi connectivity index (χ1n) is 9.07. The van der Waals surface area contributed by atoms with E-state index in [1.165, 1.54) is 68.9 Å². The SMILES string of the molecule is CCCNC(CCC1CCCCC1)Cc1ccc(C)cc1. The maximum atomic E-state index is 3.77. The highest BCUT2D eigenvalue weighted by molar-refractivity contribution is 5.22. The van der Waals surface area contributed by atoms with E-state index in [1.54, 1.807) is 0 Å². The molecule has 1 aliphatic rings. The lowest BCUT2D eigenvalue weighted by atomic mass is 9.84. The fourth-order valence-corrected chi connectivity index (χ4v) is 3.55. The quantitative estimate of drug-likeness (QED) is 0.687. The van der Waals surface area contributed by atoms with Crippen LogP contribution >= 0.6 is 0 Å². The van der Waals surface area contributed by atoms with Crippen molar-refractivity contribution in [2.45, 2.75) is 77.7 Å². The van der Waals surface area contributed by atoms with Crippen molar-refractivity contribution in [3.63, 3.8) is 0 Å². The van der Waals surface area contributed by atoms with Crippen LogP contribution in [0.2, 0.25) is 0 Å². The molecule has 21 heavy (non-hydrogen) atoms. The van der Waals surface area contributed by atoms with Crippen molar-refractivity contribution in [3.8, 4) is 0 Å². The third-order valence-corrected chi connectivity index (χ3v) is 4.93. The summed E-state index contributed by atoms with van der Waals surface area (Å²) >= 11 is 0. The van der Waals surface area contributed by atoms with E-state index in [2.05, 4.69) is 43.4 Å². The zero-order valence-corrected chi connectivity index (χ0v) is 14.0. The first-order valence-corrected chi connectivity index (χ1v) is 9.07. The molecule has 0 spiro atoms. The van der Waals surface area contributed by atoms with E-state index in [4.69, 9.17) is 0 Å². The Labute approximate surface area is 131 Å². The molecule has 0 bridgehead atoms. The van der Waals surface area contributed by atoms with Gasteiger partial charge >= 0.3 is 0 Å². The molecule has 0 heterocycles. The largest absolute Gasteiger partial charge is 0.314 e. The summed E-state index contributed by atoms with van der Waals surface area (Å²) in [5, 5.41) is 3.77.